The molecule has 0 unspecified atom stereocenters. The van der Waals surface area contributed by atoms with Crippen LogP contribution in [0.15, 0.2) is 33.3 Å². The summed E-state index contributed by atoms with van der Waals surface area (Å²) < 4.78 is 5.14. The highest BCUT2D eigenvalue weighted by molar-refractivity contribution is 7.94. The van der Waals surface area contributed by atoms with Crippen LogP contribution < -0.4 is 10.6 Å². The number of nitrogens with zero attached hydrogens (tertiary/aromatic N) is 5. The van der Waals surface area contributed by atoms with Gasteiger partial charge in [0.05, 0.1) is 27.8 Å². The van der Waals surface area contributed by atoms with Crippen molar-refractivity contribution in [1.29, 1.82) is 5.26 Å². The molecule has 0 aliphatic heterocycles. The van der Waals surface area contributed by atoms with Gasteiger partial charge in [-0.2, -0.15) is 5.26 Å². The normalized spacial score (nSPS) is 11.0. The zero-order chi connectivity index (χ0) is 24.7. The van der Waals surface area contributed by atoms with Crippen LogP contribution in [0.25, 0.3) is 10.2 Å². The Labute approximate surface area is 199 Å². The molecular weight excluding hydrogens is 490 g/mol. The zero-order valence-corrected chi connectivity index (χ0v) is 18.8. The number of azo groups is 1. The lowest BCUT2D eigenvalue weighted by molar-refractivity contribution is -0.432. The number of carboxylic acids is 2. The first kappa shape index (κ1) is 24.8. The maximum atomic E-state index is 11.0. The van der Waals surface area contributed by atoms with E-state index in [1.54, 1.807) is 25.1 Å². The number of anilines is 2. The van der Waals surface area contributed by atoms with Crippen molar-refractivity contribution in [2.45, 2.75) is 11.8 Å². The fourth-order valence-electron chi connectivity index (χ4n) is 2.66. The van der Waals surface area contributed by atoms with Crippen LogP contribution in [0.3, 0.4) is 0 Å². The molecule has 0 atom stereocenters. The topological polar surface area (TPSA) is 212 Å². The van der Waals surface area contributed by atoms with E-state index in [9.17, 15) is 14.9 Å². The van der Waals surface area contributed by atoms with Gasteiger partial charge in [0.1, 0.15) is 30.7 Å². The fraction of sp³-hybridized carbons (Fsp3) is 0.167. The second kappa shape index (κ2) is 11.3. The van der Waals surface area contributed by atoms with Gasteiger partial charge in [0.15, 0.2) is 5.82 Å². The number of nitrogens with one attached hydrogen (secondary N) is 2. The van der Waals surface area contributed by atoms with E-state index in [1.165, 1.54) is 11.3 Å². The molecule has 16 heteroatoms. The smallest absolute Gasteiger partial charge is 0.322 e. The number of carboxylic acid groups (broad SMARTS) is 2. The van der Waals surface area contributed by atoms with Gasteiger partial charge < -0.3 is 20.8 Å². The zero-order valence-electron chi connectivity index (χ0n) is 17.2. The Bertz CT molecular complexity index is 1310. The molecule has 0 spiro atoms. The highest BCUT2D eigenvalue weighted by Gasteiger charge is 2.19. The van der Waals surface area contributed by atoms with Crippen LogP contribution in [0.5, 0.6) is 0 Å². The van der Waals surface area contributed by atoms with Crippen LogP contribution in [-0.2, 0) is 19.0 Å². The minimum atomic E-state index is -1.17. The third-order valence-corrected chi connectivity index (χ3v) is 5.56. The molecule has 3 rings (SSSR count). The van der Waals surface area contributed by atoms with Crippen LogP contribution in [0.4, 0.5) is 22.5 Å². The van der Waals surface area contributed by atoms with Gasteiger partial charge in [-0.25, -0.2) is 15.2 Å². The van der Waals surface area contributed by atoms with Gasteiger partial charge in [-0.15, -0.1) is 14.6 Å². The highest BCUT2D eigenvalue weighted by atomic mass is 32.2. The Morgan fingerprint density at radius 1 is 1.18 bits per heavy atom. The minimum absolute atomic E-state index is 0.00325. The van der Waals surface area contributed by atoms with Crippen LogP contribution in [0, 0.1) is 18.3 Å². The number of pyridine rings is 1. The van der Waals surface area contributed by atoms with Gasteiger partial charge in [-0.1, -0.05) is 16.4 Å². The van der Waals surface area contributed by atoms with Gasteiger partial charge in [-0.05, 0) is 25.1 Å². The van der Waals surface area contributed by atoms with E-state index in [-0.39, 0.29) is 28.0 Å². The molecule has 0 aliphatic rings. The number of rotatable bonds is 11. The number of hydrogen-bond donors (Lipinski definition) is 5. The monoisotopic (exact) mass is 505 g/mol. The van der Waals surface area contributed by atoms with Gasteiger partial charge in [0.2, 0.25) is 5.13 Å². The number of benzene rings is 1. The van der Waals surface area contributed by atoms with Crippen molar-refractivity contribution in [3.8, 4) is 6.07 Å². The van der Waals surface area contributed by atoms with Crippen LogP contribution in [0.2, 0.25) is 0 Å². The van der Waals surface area contributed by atoms with Crippen molar-refractivity contribution in [2.24, 2.45) is 10.2 Å². The second-order valence-electron chi connectivity index (χ2n) is 6.32. The van der Waals surface area contributed by atoms with E-state index in [0.29, 0.717) is 16.0 Å². The molecule has 176 valence electrons. The lowest BCUT2D eigenvalue weighted by Crippen LogP contribution is -2.17. The Hall–Kier alpha value is -3.88. The van der Waals surface area contributed by atoms with Gasteiger partial charge in [0.25, 0.3) is 0 Å². The number of carbonyl (C=O) groups is 2. The van der Waals surface area contributed by atoms with Gasteiger partial charge in [-0.3, -0.25) is 9.59 Å². The Kier molecular flexibility index (Phi) is 8.24. The van der Waals surface area contributed by atoms with Crippen molar-refractivity contribution < 1.29 is 34.4 Å². The quantitative estimate of drug-likeness (QED) is 0.109. The molecule has 1 aromatic carbocycles. The largest absolute Gasteiger partial charge is 0.480 e. The molecule has 0 amide bonds. The molecule has 5 N–H and O–H groups in total. The summed E-state index contributed by atoms with van der Waals surface area (Å²) >= 11 is 1.99. The van der Waals surface area contributed by atoms with Crippen molar-refractivity contribution in [3.05, 3.63) is 29.3 Å². The molecule has 0 saturated carbocycles. The first-order valence-corrected chi connectivity index (χ1v) is 10.7. The van der Waals surface area contributed by atoms with E-state index in [0.717, 1.165) is 16.7 Å². The first-order valence-electron chi connectivity index (χ1n) is 9.15. The second-order valence-corrected chi connectivity index (χ2v) is 8.10. The standard InChI is InChI=1S/C18H15N7O7S2/c1-8-10(5-19)16(20-6-13(26)27)23-17(21-7-14(28)29)15(8)24-25-18-22-11-3-2-9(34-32-31-30)4-12(11)33-18/h2-4,30H,6-7H2,1H3,(H,26,27)(H,28,29)(H2,20,21,23). The molecule has 0 bridgehead atoms. The van der Waals surface area contributed by atoms with Gasteiger partial charge >= 0.3 is 11.9 Å². The maximum absolute atomic E-state index is 11.0. The van der Waals surface area contributed by atoms with E-state index in [2.05, 4.69) is 40.2 Å². The predicted octanol–water partition coefficient (Wildman–Crippen LogP) is 3.71. The summed E-state index contributed by atoms with van der Waals surface area (Å²) in [5.41, 5.74) is 1.07. The lowest BCUT2D eigenvalue weighted by Gasteiger charge is -2.14. The summed E-state index contributed by atoms with van der Waals surface area (Å²) in [5.74, 6) is -2.37. The molecule has 2 aromatic heterocycles. The van der Waals surface area contributed by atoms with E-state index in [1.807, 2.05) is 6.07 Å². The molecule has 34 heavy (non-hydrogen) atoms. The van der Waals surface area contributed by atoms with Crippen LogP contribution >= 0.6 is 23.4 Å². The van der Waals surface area contributed by atoms with E-state index < -0.39 is 25.0 Å². The summed E-state index contributed by atoms with van der Waals surface area (Å²) in [5, 5.41) is 53.0. The number of nitriles is 1. The molecule has 14 nitrogen and oxygen atoms in total. The van der Waals surface area contributed by atoms with E-state index >= 15 is 0 Å². The Balaban J connectivity index is 1.98. The molecule has 0 saturated heterocycles. The number of aliphatic carboxylic acids is 2. The highest BCUT2D eigenvalue weighted by Crippen LogP contribution is 2.37. The van der Waals surface area contributed by atoms with Crippen molar-refractivity contribution in [2.75, 3.05) is 23.7 Å². The third-order valence-electron chi connectivity index (χ3n) is 4.09. The average molecular weight is 505 g/mol. The molecule has 0 fully saturated rings. The molecule has 0 aliphatic carbocycles. The summed E-state index contributed by atoms with van der Waals surface area (Å²) in [6.07, 6.45) is 0. The average Bonchev–Trinajstić information content (AvgIpc) is 3.21. The number of thiazole rings is 1. The summed E-state index contributed by atoms with van der Waals surface area (Å²) in [6, 6.07) is 7.08. The number of fused-ring (bicyclic) bond motifs is 1. The maximum Gasteiger partial charge on any atom is 0.322 e. The lowest BCUT2D eigenvalue weighted by atomic mass is 10.1. The van der Waals surface area contributed by atoms with Crippen molar-refractivity contribution >= 4 is 68.0 Å². The number of aromatic nitrogens is 2. The van der Waals surface area contributed by atoms with E-state index in [4.69, 9.17) is 15.5 Å². The number of hydrogen-bond acceptors (Lipinski definition) is 14. The Morgan fingerprint density at radius 2 is 1.88 bits per heavy atom. The van der Waals surface area contributed by atoms with Crippen molar-refractivity contribution in [1.82, 2.24) is 9.97 Å². The molecule has 0 radical (unpaired) electrons. The molecule has 2 heterocycles. The Morgan fingerprint density at radius 3 is 2.53 bits per heavy atom. The SMILES string of the molecule is Cc1c(C#N)c(NCC(=O)O)nc(NCC(=O)O)c1N=Nc1nc2ccc(SOOO)cc2s1. The minimum Gasteiger partial charge on any atom is -0.480 e. The first-order chi connectivity index (χ1) is 16.3. The summed E-state index contributed by atoms with van der Waals surface area (Å²) in [7, 11) is 0. The van der Waals surface area contributed by atoms with Crippen LogP contribution in [-0.4, -0.2) is 50.5 Å². The van der Waals surface area contributed by atoms with Gasteiger partial charge in [0, 0.05) is 10.5 Å². The molecular formula is C18H15N7O7S2. The summed E-state index contributed by atoms with van der Waals surface area (Å²) in [6.45, 7) is 0.555. The summed E-state index contributed by atoms with van der Waals surface area (Å²) in [4.78, 5) is 31.1. The van der Waals surface area contributed by atoms with Crippen LogP contribution in [0.1, 0.15) is 11.1 Å². The fourth-order valence-corrected chi connectivity index (χ4v) is 3.96. The predicted molar refractivity (Wildman–Crippen MR) is 120 cm³/mol. The van der Waals surface area contributed by atoms with Crippen molar-refractivity contribution in [3.63, 3.8) is 0 Å². The molecule has 3 aromatic rings. The third kappa shape index (κ3) is 6.12.